The van der Waals surface area contributed by atoms with E-state index in [9.17, 15) is 4.79 Å². The highest BCUT2D eigenvalue weighted by molar-refractivity contribution is 5.79. The minimum Gasteiger partial charge on any atom is -0.374 e. The monoisotopic (exact) mass is 226 g/mol. The minimum absolute atomic E-state index is 0.0735. The maximum absolute atomic E-state index is 12.3. The quantitative estimate of drug-likeness (QED) is 0.767. The van der Waals surface area contributed by atoms with Crippen LogP contribution in [0.15, 0.2) is 0 Å². The average molecular weight is 226 g/mol. The zero-order valence-corrected chi connectivity index (χ0v) is 10.2. The van der Waals surface area contributed by atoms with Crippen LogP contribution in [0, 0.1) is 5.92 Å². The minimum atomic E-state index is 0.0735. The van der Waals surface area contributed by atoms with Crippen molar-refractivity contribution in [2.45, 2.75) is 38.3 Å². The van der Waals surface area contributed by atoms with Gasteiger partial charge in [0.1, 0.15) is 0 Å². The second-order valence-corrected chi connectivity index (χ2v) is 4.90. The van der Waals surface area contributed by atoms with Gasteiger partial charge in [0.05, 0.1) is 18.8 Å². The molecule has 1 aliphatic carbocycles. The number of carbonyl (C=O) groups is 1. The molecule has 1 N–H and O–H groups in total. The highest BCUT2D eigenvalue weighted by atomic mass is 16.5. The number of morpholine rings is 1. The number of hydrogen-bond acceptors (Lipinski definition) is 3. The molecule has 2 rings (SSSR count). The molecule has 0 spiro atoms. The zero-order valence-electron chi connectivity index (χ0n) is 10.2. The van der Waals surface area contributed by atoms with Crippen molar-refractivity contribution in [3.63, 3.8) is 0 Å². The normalized spacial score (nSPS) is 31.2. The summed E-state index contributed by atoms with van der Waals surface area (Å²) in [6.07, 6.45) is 3.73. The van der Waals surface area contributed by atoms with Gasteiger partial charge >= 0.3 is 0 Å². The third kappa shape index (κ3) is 2.23. The van der Waals surface area contributed by atoms with E-state index < -0.39 is 0 Å². The van der Waals surface area contributed by atoms with Gasteiger partial charge in [-0.25, -0.2) is 0 Å². The predicted octanol–water partition coefficient (Wildman–Crippen LogP) is 0.622. The summed E-state index contributed by atoms with van der Waals surface area (Å²) in [5.41, 5.74) is 0. The molecule has 1 saturated carbocycles. The summed E-state index contributed by atoms with van der Waals surface area (Å²) < 4.78 is 5.71. The third-order valence-electron chi connectivity index (χ3n) is 3.70. The number of amides is 1. The Morgan fingerprint density at radius 1 is 1.56 bits per heavy atom. The van der Waals surface area contributed by atoms with E-state index in [1.807, 2.05) is 14.0 Å². The fourth-order valence-electron chi connectivity index (χ4n) is 2.88. The highest BCUT2D eigenvalue weighted by Gasteiger charge is 2.39. The van der Waals surface area contributed by atoms with E-state index in [0.29, 0.717) is 18.8 Å². The summed E-state index contributed by atoms with van der Waals surface area (Å²) in [5.74, 6) is 0.360. The molecule has 2 aliphatic rings. The van der Waals surface area contributed by atoms with Crippen molar-refractivity contribution in [3.8, 4) is 0 Å². The molecule has 16 heavy (non-hydrogen) atoms. The van der Waals surface area contributed by atoms with E-state index >= 15 is 0 Å². The summed E-state index contributed by atoms with van der Waals surface area (Å²) in [5, 5.41) is 3.07. The van der Waals surface area contributed by atoms with Crippen molar-refractivity contribution in [1.29, 1.82) is 0 Å². The number of ether oxygens (including phenoxy) is 1. The molecule has 3 atom stereocenters. The van der Waals surface area contributed by atoms with E-state index in [1.165, 1.54) is 6.42 Å². The molecule has 0 radical (unpaired) electrons. The lowest BCUT2D eigenvalue weighted by Gasteiger charge is -2.39. The van der Waals surface area contributed by atoms with Gasteiger partial charge < -0.3 is 15.0 Å². The molecule has 2 fully saturated rings. The smallest absolute Gasteiger partial charge is 0.227 e. The first-order valence-electron chi connectivity index (χ1n) is 6.30. The van der Waals surface area contributed by atoms with Crippen molar-refractivity contribution >= 4 is 5.91 Å². The molecule has 1 saturated heterocycles. The van der Waals surface area contributed by atoms with Crippen LogP contribution in [-0.2, 0) is 9.53 Å². The highest BCUT2D eigenvalue weighted by Crippen LogP contribution is 2.30. The first-order chi connectivity index (χ1) is 7.74. The SMILES string of the molecule is CNCC(C)C(=O)N1CCOC2CCCC21. The molecule has 0 aromatic rings. The molecule has 4 heteroatoms. The number of hydrogen-bond donors (Lipinski definition) is 1. The van der Waals surface area contributed by atoms with E-state index in [0.717, 1.165) is 25.9 Å². The van der Waals surface area contributed by atoms with Gasteiger partial charge in [-0.05, 0) is 26.3 Å². The fourth-order valence-corrected chi connectivity index (χ4v) is 2.88. The summed E-state index contributed by atoms with van der Waals surface area (Å²) in [7, 11) is 1.89. The van der Waals surface area contributed by atoms with Crippen molar-refractivity contribution in [3.05, 3.63) is 0 Å². The lowest BCUT2D eigenvalue weighted by molar-refractivity contribution is -0.147. The van der Waals surface area contributed by atoms with Gasteiger partial charge in [0.2, 0.25) is 5.91 Å². The Labute approximate surface area is 97.3 Å². The molecule has 1 aliphatic heterocycles. The lowest BCUT2D eigenvalue weighted by Crippen LogP contribution is -2.53. The topological polar surface area (TPSA) is 41.6 Å². The Hall–Kier alpha value is -0.610. The Balaban J connectivity index is 1.99. The van der Waals surface area contributed by atoms with Crippen molar-refractivity contribution < 1.29 is 9.53 Å². The molecular formula is C12H22N2O2. The van der Waals surface area contributed by atoms with Crippen LogP contribution in [0.5, 0.6) is 0 Å². The number of rotatable bonds is 3. The second kappa shape index (κ2) is 5.15. The first kappa shape index (κ1) is 11.9. The Morgan fingerprint density at radius 2 is 2.38 bits per heavy atom. The van der Waals surface area contributed by atoms with Crippen LogP contribution in [-0.4, -0.2) is 49.7 Å². The maximum Gasteiger partial charge on any atom is 0.227 e. The van der Waals surface area contributed by atoms with Gasteiger partial charge in [0.15, 0.2) is 0 Å². The van der Waals surface area contributed by atoms with Gasteiger partial charge in [-0.1, -0.05) is 6.92 Å². The lowest BCUT2D eigenvalue weighted by atomic mass is 10.1. The van der Waals surface area contributed by atoms with Crippen LogP contribution < -0.4 is 5.32 Å². The van der Waals surface area contributed by atoms with Crippen molar-refractivity contribution in [2.24, 2.45) is 5.92 Å². The summed E-state index contributed by atoms with van der Waals surface area (Å²) >= 11 is 0. The number of nitrogens with zero attached hydrogens (tertiary/aromatic N) is 1. The largest absolute Gasteiger partial charge is 0.374 e. The second-order valence-electron chi connectivity index (χ2n) is 4.90. The Bertz CT molecular complexity index is 257. The summed E-state index contributed by atoms with van der Waals surface area (Å²) in [4.78, 5) is 14.3. The molecule has 92 valence electrons. The maximum atomic E-state index is 12.3. The van der Waals surface area contributed by atoms with Gasteiger partial charge in [0, 0.05) is 19.0 Å². The average Bonchev–Trinajstić information content (AvgIpc) is 2.76. The van der Waals surface area contributed by atoms with E-state index in [4.69, 9.17) is 4.74 Å². The van der Waals surface area contributed by atoms with Crippen LogP contribution in [0.3, 0.4) is 0 Å². The third-order valence-corrected chi connectivity index (χ3v) is 3.70. The van der Waals surface area contributed by atoms with Crippen LogP contribution in [0.2, 0.25) is 0 Å². The summed E-state index contributed by atoms with van der Waals surface area (Å²) in [6, 6.07) is 0.348. The fraction of sp³-hybridized carbons (Fsp3) is 0.917. The molecule has 0 bridgehead atoms. The van der Waals surface area contributed by atoms with Gasteiger partial charge in [-0.3, -0.25) is 4.79 Å². The van der Waals surface area contributed by atoms with Crippen molar-refractivity contribution in [1.82, 2.24) is 10.2 Å². The van der Waals surface area contributed by atoms with Gasteiger partial charge in [-0.15, -0.1) is 0 Å². The molecular weight excluding hydrogens is 204 g/mol. The van der Waals surface area contributed by atoms with E-state index in [1.54, 1.807) is 0 Å². The predicted molar refractivity (Wildman–Crippen MR) is 62.2 cm³/mol. The van der Waals surface area contributed by atoms with E-state index in [2.05, 4.69) is 10.2 Å². The van der Waals surface area contributed by atoms with E-state index in [-0.39, 0.29) is 11.8 Å². The van der Waals surface area contributed by atoms with Gasteiger partial charge in [-0.2, -0.15) is 0 Å². The van der Waals surface area contributed by atoms with Crippen LogP contribution in [0.25, 0.3) is 0 Å². The molecule has 0 aromatic carbocycles. The Morgan fingerprint density at radius 3 is 3.12 bits per heavy atom. The van der Waals surface area contributed by atoms with Gasteiger partial charge in [0.25, 0.3) is 0 Å². The first-order valence-corrected chi connectivity index (χ1v) is 6.30. The summed E-state index contributed by atoms with van der Waals surface area (Å²) in [6.45, 7) is 4.24. The Kier molecular flexibility index (Phi) is 3.82. The number of carbonyl (C=O) groups excluding carboxylic acids is 1. The zero-order chi connectivity index (χ0) is 11.5. The standard InChI is InChI=1S/C12H22N2O2/c1-9(8-13-2)12(15)14-6-7-16-11-5-3-4-10(11)14/h9-11,13H,3-8H2,1-2H3. The van der Waals surface area contributed by atoms with Crippen LogP contribution in [0.4, 0.5) is 0 Å². The molecule has 4 nitrogen and oxygen atoms in total. The van der Waals surface area contributed by atoms with Crippen molar-refractivity contribution in [2.75, 3.05) is 26.7 Å². The molecule has 3 unspecified atom stereocenters. The number of fused-ring (bicyclic) bond motifs is 1. The number of nitrogens with one attached hydrogen (secondary N) is 1. The molecule has 1 heterocycles. The van der Waals surface area contributed by atoms with Crippen LogP contribution >= 0.6 is 0 Å². The van der Waals surface area contributed by atoms with Crippen LogP contribution in [0.1, 0.15) is 26.2 Å². The molecule has 1 amide bonds. The molecule has 0 aromatic heterocycles.